The number of amides is 2. The Balaban J connectivity index is 1.40. The fourth-order valence-electron chi connectivity index (χ4n) is 6.47. The molecule has 0 saturated carbocycles. The van der Waals surface area contributed by atoms with Crippen molar-refractivity contribution in [2.75, 3.05) is 32.9 Å². The molecule has 2 heterocycles. The van der Waals surface area contributed by atoms with Crippen LogP contribution in [-0.2, 0) is 19.0 Å². The highest BCUT2D eigenvalue weighted by atomic mass is 16.6. The zero-order valence-corrected chi connectivity index (χ0v) is 24.1. The second kappa shape index (κ2) is 11.7. The fourth-order valence-corrected chi connectivity index (χ4v) is 6.47. The van der Waals surface area contributed by atoms with Gasteiger partial charge in [0.15, 0.2) is 0 Å². The minimum Gasteiger partial charge on any atom is -0.479 e. The Morgan fingerprint density at radius 3 is 2.17 bits per heavy atom. The van der Waals surface area contributed by atoms with Gasteiger partial charge in [-0.1, -0.05) is 48.5 Å². The second-order valence-corrected chi connectivity index (χ2v) is 12.2. The van der Waals surface area contributed by atoms with E-state index in [0.717, 1.165) is 22.3 Å². The molecule has 2 saturated heterocycles. The Hall–Kier alpha value is -3.59. The van der Waals surface area contributed by atoms with Crippen molar-refractivity contribution in [3.05, 3.63) is 59.7 Å². The molecule has 0 bridgehead atoms. The van der Waals surface area contributed by atoms with Gasteiger partial charge < -0.3 is 24.2 Å². The van der Waals surface area contributed by atoms with E-state index in [0.29, 0.717) is 39.0 Å². The van der Waals surface area contributed by atoms with Gasteiger partial charge >= 0.3 is 18.2 Å². The van der Waals surface area contributed by atoms with Crippen molar-refractivity contribution in [1.29, 1.82) is 0 Å². The van der Waals surface area contributed by atoms with Crippen molar-refractivity contribution in [3.63, 3.8) is 0 Å². The van der Waals surface area contributed by atoms with Crippen molar-refractivity contribution >= 4 is 18.2 Å². The molecule has 3 aliphatic rings. The molecule has 1 atom stereocenters. The lowest BCUT2D eigenvalue weighted by molar-refractivity contribution is -0.154. The summed E-state index contributed by atoms with van der Waals surface area (Å²) in [5, 5.41) is 10.7. The van der Waals surface area contributed by atoms with Crippen molar-refractivity contribution < 1.29 is 33.7 Å². The number of hydrogen-bond acceptors (Lipinski definition) is 6. The van der Waals surface area contributed by atoms with E-state index in [1.165, 1.54) is 4.90 Å². The van der Waals surface area contributed by atoms with Crippen LogP contribution in [0.1, 0.15) is 69.9 Å². The number of carboxylic acids is 1. The summed E-state index contributed by atoms with van der Waals surface area (Å²) in [6, 6.07) is 15.9. The predicted molar refractivity (Wildman–Crippen MR) is 153 cm³/mol. The van der Waals surface area contributed by atoms with Crippen LogP contribution in [0.3, 0.4) is 0 Å². The van der Waals surface area contributed by atoms with Crippen LogP contribution in [0.5, 0.6) is 0 Å². The molecule has 9 heteroatoms. The first kappa shape index (κ1) is 28.9. The minimum atomic E-state index is -1.51. The highest BCUT2D eigenvalue weighted by Gasteiger charge is 2.51. The van der Waals surface area contributed by atoms with Gasteiger partial charge in [0, 0.05) is 38.3 Å². The summed E-state index contributed by atoms with van der Waals surface area (Å²) in [6.45, 7) is 6.91. The molecule has 0 spiro atoms. The summed E-state index contributed by atoms with van der Waals surface area (Å²) in [4.78, 5) is 43.0. The second-order valence-electron chi connectivity index (χ2n) is 12.2. The van der Waals surface area contributed by atoms with Crippen molar-refractivity contribution in [3.8, 4) is 11.1 Å². The van der Waals surface area contributed by atoms with Crippen LogP contribution < -0.4 is 0 Å². The molecule has 2 fully saturated rings. The molecular formula is C32H40N2O7. The van der Waals surface area contributed by atoms with Crippen LogP contribution in [0.4, 0.5) is 9.59 Å². The molecule has 2 aromatic rings. The normalized spacial score (nSPS) is 21.4. The highest BCUT2D eigenvalue weighted by molar-refractivity contribution is 5.85. The third kappa shape index (κ3) is 5.91. The molecule has 1 unspecified atom stereocenters. The Kier molecular flexibility index (Phi) is 8.27. The number of nitrogens with zero attached hydrogens (tertiary/aromatic N) is 2. The number of ether oxygens (including phenoxy) is 3. The van der Waals surface area contributed by atoms with Crippen LogP contribution in [-0.4, -0.2) is 83.2 Å². The SMILES string of the molecule is CC(C)(C)OC(=O)N1CCCC(C(=O)O)(N(C(=O)OCC2c3ccccc3-c3ccccc32)C2CCOCC2)CC1. The van der Waals surface area contributed by atoms with Crippen molar-refractivity contribution in [2.24, 2.45) is 0 Å². The van der Waals surface area contributed by atoms with E-state index in [9.17, 15) is 19.5 Å². The molecule has 2 aromatic carbocycles. The van der Waals surface area contributed by atoms with Crippen molar-refractivity contribution in [2.45, 2.75) is 76.0 Å². The first-order valence-corrected chi connectivity index (χ1v) is 14.5. The summed E-state index contributed by atoms with van der Waals surface area (Å²) in [5.41, 5.74) is 2.25. The van der Waals surface area contributed by atoms with Gasteiger partial charge in [-0.2, -0.15) is 0 Å². The molecular weight excluding hydrogens is 524 g/mol. The van der Waals surface area contributed by atoms with E-state index in [2.05, 4.69) is 24.3 Å². The average molecular weight is 565 g/mol. The van der Waals surface area contributed by atoms with Crippen LogP contribution >= 0.6 is 0 Å². The van der Waals surface area contributed by atoms with Gasteiger partial charge in [0.25, 0.3) is 0 Å². The van der Waals surface area contributed by atoms with E-state index in [1.807, 2.05) is 24.3 Å². The number of carbonyl (C=O) groups excluding carboxylic acids is 2. The molecule has 2 amide bonds. The number of fused-ring (bicyclic) bond motifs is 3. The molecule has 9 nitrogen and oxygen atoms in total. The van der Waals surface area contributed by atoms with Crippen molar-refractivity contribution in [1.82, 2.24) is 9.80 Å². The van der Waals surface area contributed by atoms with Crippen LogP contribution in [0.2, 0.25) is 0 Å². The first-order valence-electron chi connectivity index (χ1n) is 14.5. The third-order valence-electron chi connectivity index (χ3n) is 8.41. The van der Waals surface area contributed by atoms with Gasteiger partial charge in [-0.3, -0.25) is 4.90 Å². The number of carbonyl (C=O) groups is 3. The van der Waals surface area contributed by atoms with Gasteiger partial charge in [-0.15, -0.1) is 0 Å². The van der Waals surface area contributed by atoms with Crippen LogP contribution in [0.15, 0.2) is 48.5 Å². The molecule has 1 aliphatic carbocycles. The average Bonchev–Trinajstić information content (AvgIpc) is 3.08. The largest absolute Gasteiger partial charge is 0.479 e. The van der Waals surface area contributed by atoms with Gasteiger partial charge in [0.2, 0.25) is 0 Å². The number of hydrogen-bond donors (Lipinski definition) is 1. The zero-order chi connectivity index (χ0) is 29.2. The molecule has 2 aliphatic heterocycles. The molecule has 0 aromatic heterocycles. The third-order valence-corrected chi connectivity index (χ3v) is 8.41. The molecule has 0 radical (unpaired) electrons. The maximum absolute atomic E-state index is 14.0. The lowest BCUT2D eigenvalue weighted by Gasteiger charge is -2.45. The summed E-state index contributed by atoms with van der Waals surface area (Å²) < 4.78 is 17.2. The number of likely N-dealkylation sites (tertiary alicyclic amines) is 1. The van der Waals surface area contributed by atoms with E-state index in [4.69, 9.17) is 14.2 Å². The monoisotopic (exact) mass is 564 g/mol. The summed E-state index contributed by atoms with van der Waals surface area (Å²) >= 11 is 0. The number of aliphatic carboxylic acids is 1. The van der Waals surface area contributed by atoms with Crippen LogP contribution in [0.25, 0.3) is 11.1 Å². The Morgan fingerprint density at radius 1 is 0.976 bits per heavy atom. The van der Waals surface area contributed by atoms with E-state index < -0.39 is 29.3 Å². The lowest BCUT2D eigenvalue weighted by atomic mass is 9.86. The predicted octanol–water partition coefficient (Wildman–Crippen LogP) is 5.66. The quantitative estimate of drug-likeness (QED) is 0.500. The summed E-state index contributed by atoms with van der Waals surface area (Å²) in [5.74, 6) is -1.22. The smallest absolute Gasteiger partial charge is 0.411 e. The maximum atomic E-state index is 14.0. The Labute approximate surface area is 241 Å². The number of carboxylic acid groups (broad SMARTS) is 1. The van der Waals surface area contributed by atoms with E-state index in [1.54, 1.807) is 25.7 Å². The maximum Gasteiger partial charge on any atom is 0.411 e. The van der Waals surface area contributed by atoms with Gasteiger partial charge in [0.1, 0.15) is 17.7 Å². The lowest BCUT2D eigenvalue weighted by Crippen LogP contribution is -2.62. The zero-order valence-electron chi connectivity index (χ0n) is 24.1. The molecule has 5 rings (SSSR count). The number of benzene rings is 2. The highest BCUT2D eigenvalue weighted by Crippen LogP contribution is 2.45. The minimum absolute atomic E-state index is 0.0864. The van der Waals surface area contributed by atoms with Gasteiger partial charge in [0.05, 0.1) is 0 Å². The van der Waals surface area contributed by atoms with Crippen LogP contribution in [0, 0.1) is 0 Å². The molecule has 41 heavy (non-hydrogen) atoms. The number of rotatable bonds is 5. The van der Waals surface area contributed by atoms with E-state index >= 15 is 0 Å². The molecule has 1 N–H and O–H groups in total. The Morgan fingerprint density at radius 2 is 1.59 bits per heavy atom. The first-order chi connectivity index (χ1) is 19.6. The topological polar surface area (TPSA) is 106 Å². The summed E-state index contributed by atoms with van der Waals surface area (Å²) in [6.07, 6.45) is 0.655. The standard InChI is InChI=1S/C32H40N2O7/c1-31(2,3)41-29(37)33-17-8-15-32(16-18-33,28(35)36)34(22-13-19-39-20-14-22)30(38)40-21-27-25-11-6-4-9-23(25)24-10-5-7-12-26(24)27/h4-7,9-12,22,27H,8,13-21H2,1-3H3,(H,35,36). The van der Waals surface area contributed by atoms with E-state index in [-0.39, 0.29) is 38.0 Å². The summed E-state index contributed by atoms with van der Waals surface area (Å²) in [7, 11) is 0. The molecule has 220 valence electrons. The van der Waals surface area contributed by atoms with Gasteiger partial charge in [-0.25, -0.2) is 14.4 Å². The fraction of sp³-hybridized carbons (Fsp3) is 0.531. The van der Waals surface area contributed by atoms with Gasteiger partial charge in [-0.05, 0) is 75.1 Å². The Bertz CT molecular complexity index is 1240.